The SMILES string of the molecule is CC(C1CC1)N1CCN(C(=O)Cc2cccc(Cl)c2)CC1. The fourth-order valence-electron chi connectivity index (χ4n) is 3.19. The van der Waals surface area contributed by atoms with Crippen molar-refractivity contribution in [1.29, 1.82) is 0 Å². The van der Waals surface area contributed by atoms with Crippen LogP contribution in [-0.4, -0.2) is 47.9 Å². The number of benzene rings is 1. The summed E-state index contributed by atoms with van der Waals surface area (Å²) in [5.41, 5.74) is 1.00. The van der Waals surface area contributed by atoms with Gasteiger partial charge in [0.2, 0.25) is 5.91 Å². The molecule has 1 aromatic carbocycles. The van der Waals surface area contributed by atoms with E-state index in [2.05, 4.69) is 11.8 Å². The minimum absolute atomic E-state index is 0.219. The molecule has 0 bridgehead atoms. The Balaban J connectivity index is 1.50. The lowest BCUT2D eigenvalue weighted by molar-refractivity contribution is -0.132. The predicted molar refractivity (Wildman–Crippen MR) is 85.5 cm³/mol. The highest BCUT2D eigenvalue weighted by molar-refractivity contribution is 6.30. The van der Waals surface area contributed by atoms with Gasteiger partial charge in [0.25, 0.3) is 0 Å². The molecule has 1 heterocycles. The third kappa shape index (κ3) is 3.78. The van der Waals surface area contributed by atoms with Crippen LogP contribution in [0.4, 0.5) is 0 Å². The predicted octanol–water partition coefficient (Wildman–Crippen LogP) is 2.83. The Morgan fingerprint density at radius 2 is 2.00 bits per heavy atom. The zero-order valence-corrected chi connectivity index (χ0v) is 13.4. The fraction of sp³-hybridized carbons (Fsp3) is 0.588. The first kappa shape index (κ1) is 14.9. The summed E-state index contributed by atoms with van der Waals surface area (Å²) in [5.74, 6) is 1.12. The molecule has 0 spiro atoms. The number of carbonyl (C=O) groups excluding carboxylic acids is 1. The maximum absolute atomic E-state index is 12.4. The van der Waals surface area contributed by atoms with Gasteiger partial charge in [0.05, 0.1) is 6.42 Å². The molecule has 1 saturated carbocycles. The molecule has 1 aliphatic heterocycles. The van der Waals surface area contributed by atoms with Crippen molar-refractivity contribution in [2.24, 2.45) is 5.92 Å². The van der Waals surface area contributed by atoms with Crippen LogP contribution in [0.3, 0.4) is 0 Å². The second-order valence-corrected chi connectivity index (χ2v) is 6.74. The summed E-state index contributed by atoms with van der Waals surface area (Å²) in [5, 5.41) is 0.698. The third-order valence-corrected chi connectivity index (χ3v) is 5.03. The summed E-state index contributed by atoms with van der Waals surface area (Å²) in [6.07, 6.45) is 3.23. The summed E-state index contributed by atoms with van der Waals surface area (Å²) < 4.78 is 0. The molecule has 1 atom stereocenters. The van der Waals surface area contributed by atoms with Gasteiger partial charge < -0.3 is 4.90 Å². The molecule has 2 aliphatic rings. The number of hydrogen-bond donors (Lipinski definition) is 0. The molecule has 21 heavy (non-hydrogen) atoms. The lowest BCUT2D eigenvalue weighted by Crippen LogP contribution is -2.52. The number of amides is 1. The Labute approximate surface area is 131 Å². The molecular formula is C17H23ClN2O. The Hall–Kier alpha value is -1.06. The summed E-state index contributed by atoms with van der Waals surface area (Å²) >= 11 is 5.97. The van der Waals surface area contributed by atoms with E-state index in [1.165, 1.54) is 12.8 Å². The summed E-state index contributed by atoms with van der Waals surface area (Å²) in [7, 11) is 0. The van der Waals surface area contributed by atoms with Gasteiger partial charge in [-0.1, -0.05) is 23.7 Å². The number of hydrogen-bond acceptors (Lipinski definition) is 2. The molecule has 1 aromatic rings. The normalized spacial score (nSPS) is 21.3. The van der Waals surface area contributed by atoms with E-state index in [9.17, 15) is 4.79 Å². The van der Waals surface area contributed by atoms with E-state index in [1.807, 2.05) is 29.2 Å². The molecule has 3 nitrogen and oxygen atoms in total. The van der Waals surface area contributed by atoms with Crippen molar-refractivity contribution < 1.29 is 4.79 Å². The average molecular weight is 307 g/mol. The first-order chi connectivity index (χ1) is 10.1. The Morgan fingerprint density at radius 3 is 2.62 bits per heavy atom. The van der Waals surface area contributed by atoms with Crippen LogP contribution >= 0.6 is 11.6 Å². The van der Waals surface area contributed by atoms with Crippen molar-refractivity contribution in [2.45, 2.75) is 32.2 Å². The highest BCUT2D eigenvalue weighted by Crippen LogP contribution is 2.35. The number of nitrogens with zero attached hydrogens (tertiary/aromatic N) is 2. The molecule has 0 aromatic heterocycles. The topological polar surface area (TPSA) is 23.6 Å². The molecule has 1 aliphatic carbocycles. The van der Waals surface area contributed by atoms with Crippen LogP contribution in [0, 0.1) is 5.92 Å². The van der Waals surface area contributed by atoms with Crippen molar-refractivity contribution >= 4 is 17.5 Å². The average Bonchev–Trinajstić information content (AvgIpc) is 3.31. The Morgan fingerprint density at radius 1 is 1.29 bits per heavy atom. The van der Waals surface area contributed by atoms with Crippen molar-refractivity contribution in [3.05, 3.63) is 34.9 Å². The van der Waals surface area contributed by atoms with E-state index in [-0.39, 0.29) is 5.91 Å². The van der Waals surface area contributed by atoms with Crippen molar-refractivity contribution in [3.8, 4) is 0 Å². The van der Waals surface area contributed by atoms with Crippen LogP contribution in [0.2, 0.25) is 5.02 Å². The molecule has 114 valence electrons. The molecule has 3 rings (SSSR count). The number of halogens is 1. The number of piperazine rings is 1. The van der Waals surface area contributed by atoms with Gasteiger partial charge in [0.1, 0.15) is 0 Å². The van der Waals surface area contributed by atoms with Crippen molar-refractivity contribution in [1.82, 2.24) is 9.80 Å². The standard InChI is InChI=1S/C17H23ClN2O/c1-13(15-5-6-15)19-7-9-20(10-8-19)17(21)12-14-3-2-4-16(18)11-14/h2-4,11,13,15H,5-10,12H2,1H3. The van der Waals surface area contributed by atoms with Crippen LogP contribution in [0.25, 0.3) is 0 Å². The van der Waals surface area contributed by atoms with Gasteiger partial charge in [-0.25, -0.2) is 0 Å². The van der Waals surface area contributed by atoms with E-state index >= 15 is 0 Å². The van der Waals surface area contributed by atoms with Gasteiger partial charge in [-0.15, -0.1) is 0 Å². The molecule has 2 fully saturated rings. The summed E-state index contributed by atoms with van der Waals surface area (Å²) in [6, 6.07) is 8.28. The highest BCUT2D eigenvalue weighted by atomic mass is 35.5. The molecule has 0 radical (unpaired) electrons. The van der Waals surface area contributed by atoms with Gasteiger partial charge in [-0.05, 0) is 43.4 Å². The third-order valence-electron chi connectivity index (χ3n) is 4.79. The molecular weight excluding hydrogens is 284 g/mol. The van der Waals surface area contributed by atoms with E-state index in [0.29, 0.717) is 17.5 Å². The summed E-state index contributed by atoms with van der Waals surface area (Å²) in [6.45, 7) is 6.08. The zero-order valence-electron chi connectivity index (χ0n) is 12.6. The Kier molecular flexibility index (Phi) is 4.51. The molecule has 1 amide bonds. The maximum atomic E-state index is 12.4. The van der Waals surface area contributed by atoms with Gasteiger partial charge in [-0.2, -0.15) is 0 Å². The lowest BCUT2D eigenvalue weighted by Gasteiger charge is -2.38. The van der Waals surface area contributed by atoms with Crippen LogP contribution in [-0.2, 0) is 11.2 Å². The molecule has 1 unspecified atom stereocenters. The van der Waals surface area contributed by atoms with Crippen molar-refractivity contribution in [2.75, 3.05) is 26.2 Å². The van der Waals surface area contributed by atoms with E-state index in [0.717, 1.165) is 37.7 Å². The van der Waals surface area contributed by atoms with Gasteiger partial charge in [0, 0.05) is 37.2 Å². The van der Waals surface area contributed by atoms with Crippen LogP contribution < -0.4 is 0 Å². The number of rotatable bonds is 4. The minimum atomic E-state index is 0.219. The van der Waals surface area contributed by atoms with Crippen LogP contribution in [0.15, 0.2) is 24.3 Å². The minimum Gasteiger partial charge on any atom is -0.340 e. The second-order valence-electron chi connectivity index (χ2n) is 6.30. The molecule has 4 heteroatoms. The summed E-state index contributed by atoms with van der Waals surface area (Å²) in [4.78, 5) is 16.9. The molecule has 1 saturated heterocycles. The highest BCUT2D eigenvalue weighted by Gasteiger charge is 2.33. The quantitative estimate of drug-likeness (QED) is 0.854. The Bertz CT molecular complexity index is 507. The van der Waals surface area contributed by atoms with Crippen molar-refractivity contribution in [3.63, 3.8) is 0 Å². The van der Waals surface area contributed by atoms with E-state index < -0.39 is 0 Å². The first-order valence-corrected chi connectivity index (χ1v) is 8.27. The van der Waals surface area contributed by atoms with Gasteiger partial charge >= 0.3 is 0 Å². The second kappa shape index (κ2) is 6.37. The number of carbonyl (C=O) groups is 1. The monoisotopic (exact) mass is 306 g/mol. The maximum Gasteiger partial charge on any atom is 0.227 e. The van der Waals surface area contributed by atoms with Crippen LogP contribution in [0.5, 0.6) is 0 Å². The van der Waals surface area contributed by atoms with Gasteiger partial charge in [0.15, 0.2) is 0 Å². The largest absolute Gasteiger partial charge is 0.340 e. The first-order valence-electron chi connectivity index (χ1n) is 7.90. The lowest BCUT2D eigenvalue weighted by atomic mass is 10.1. The molecule has 0 N–H and O–H groups in total. The zero-order chi connectivity index (χ0) is 14.8. The van der Waals surface area contributed by atoms with Gasteiger partial charge in [-0.3, -0.25) is 9.69 Å². The van der Waals surface area contributed by atoms with Crippen LogP contribution in [0.1, 0.15) is 25.3 Å². The van der Waals surface area contributed by atoms with E-state index in [4.69, 9.17) is 11.6 Å². The fourth-order valence-corrected chi connectivity index (χ4v) is 3.40. The smallest absolute Gasteiger partial charge is 0.227 e. The van der Waals surface area contributed by atoms with E-state index in [1.54, 1.807) is 0 Å².